The van der Waals surface area contributed by atoms with Crippen LogP contribution < -0.4 is 10.6 Å². The quantitative estimate of drug-likeness (QED) is 0.653. The Morgan fingerprint density at radius 1 is 0.864 bits per heavy atom. The van der Waals surface area contributed by atoms with Crippen LogP contribution >= 0.6 is 0 Å². The number of nitrogens with one attached hydrogen (secondary N) is 2. The Morgan fingerprint density at radius 2 is 1.32 bits per heavy atom. The van der Waals surface area contributed by atoms with E-state index in [1.54, 1.807) is 0 Å². The summed E-state index contributed by atoms with van der Waals surface area (Å²) in [7, 11) is 0. The largest absolute Gasteiger partial charge is 0.356 e. The lowest BCUT2D eigenvalue weighted by atomic mass is 10.1. The minimum absolute atomic E-state index is 0.0398. The average molecular weight is 304 g/mol. The van der Waals surface area contributed by atoms with Gasteiger partial charge in [0, 0.05) is 13.1 Å². The van der Waals surface area contributed by atoms with E-state index in [9.17, 15) is 9.59 Å². The molecular weight excluding hydrogens is 276 g/mol. The highest BCUT2D eigenvalue weighted by atomic mass is 16.2. The topological polar surface area (TPSA) is 58.2 Å². The summed E-state index contributed by atoms with van der Waals surface area (Å²) in [6.07, 6.45) is 4.89. The molecule has 4 nitrogen and oxygen atoms in total. The van der Waals surface area contributed by atoms with Gasteiger partial charge < -0.3 is 10.6 Å². The molecule has 0 saturated heterocycles. The maximum absolute atomic E-state index is 11.8. The smallest absolute Gasteiger partial charge is 0.224 e. The number of carbonyl (C=O) groups excluding carboxylic acids is 2. The molecule has 0 fully saturated rings. The molecule has 0 spiro atoms. The van der Waals surface area contributed by atoms with Gasteiger partial charge in [0.1, 0.15) is 0 Å². The second-order valence-corrected chi connectivity index (χ2v) is 5.58. The van der Waals surface area contributed by atoms with E-state index in [1.165, 1.54) is 0 Å². The minimum atomic E-state index is 0.0398. The van der Waals surface area contributed by atoms with E-state index < -0.39 is 0 Å². The Hall–Kier alpha value is -1.84. The Bertz CT molecular complexity index is 433. The number of hydrogen-bond donors (Lipinski definition) is 2. The van der Waals surface area contributed by atoms with Crippen LogP contribution in [0.25, 0.3) is 0 Å². The SMILES string of the molecule is CCCCNC(=O)Cc1cccc(CC(=O)NCCCC)c1. The van der Waals surface area contributed by atoms with E-state index in [0.717, 1.165) is 49.9 Å². The van der Waals surface area contributed by atoms with Gasteiger partial charge in [0.2, 0.25) is 11.8 Å². The van der Waals surface area contributed by atoms with Gasteiger partial charge in [-0.15, -0.1) is 0 Å². The summed E-state index contributed by atoms with van der Waals surface area (Å²) in [4.78, 5) is 23.6. The zero-order valence-electron chi connectivity index (χ0n) is 13.8. The zero-order valence-corrected chi connectivity index (χ0v) is 13.8. The van der Waals surface area contributed by atoms with Crippen molar-refractivity contribution in [2.75, 3.05) is 13.1 Å². The molecule has 1 rings (SSSR count). The summed E-state index contributed by atoms with van der Waals surface area (Å²) < 4.78 is 0. The van der Waals surface area contributed by atoms with E-state index in [1.807, 2.05) is 24.3 Å². The third-order valence-corrected chi connectivity index (χ3v) is 3.43. The Balaban J connectivity index is 2.44. The van der Waals surface area contributed by atoms with Gasteiger partial charge in [-0.05, 0) is 24.0 Å². The van der Waals surface area contributed by atoms with Gasteiger partial charge in [0.15, 0.2) is 0 Å². The summed E-state index contributed by atoms with van der Waals surface area (Å²) in [5.41, 5.74) is 1.90. The second-order valence-electron chi connectivity index (χ2n) is 5.58. The first kappa shape index (κ1) is 18.2. The molecule has 2 amide bonds. The van der Waals surface area contributed by atoms with E-state index in [2.05, 4.69) is 24.5 Å². The van der Waals surface area contributed by atoms with Crippen molar-refractivity contribution < 1.29 is 9.59 Å². The molecule has 4 heteroatoms. The zero-order chi connectivity index (χ0) is 16.2. The fraction of sp³-hybridized carbons (Fsp3) is 0.556. The molecular formula is C18H28N2O2. The molecule has 2 N–H and O–H groups in total. The van der Waals surface area contributed by atoms with Gasteiger partial charge in [-0.3, -0.25) is 9.59 Å². The average Bonchev–Trinajstić information content (AvgIpc) is 2.48. The molecule has 1 aromatic rings. The predicted molar refractivity (Wildman–Crippen MR) is 89.7 cm³/mol. The van der Waals surface area contributed by atoms with Gasteiger partial charge in [-0.25, -0.2) is 0 Å². The van der Waals surface area contributed by atoms with Crippen molar-refractivity contribution >= 4 is 11.8 Å². The summed E-state index contributed by atoms with van der Waals surface area (Å²) in [5.74, 6) is 0.0796. The number of hydrogen-bond acceptors (Lipinski definition) is 2. The molecule has 0 heterocycles. The van der Waals surface area contributed by atoms with Gasteiger partial charge in [0.05, 0.1) is 12.8 Å². The fourth-order valence-corrected chi connectivity index (χ4v) is 2.15. The summed E-state index contributed by atoms with van der Waals surface area (Å²) in [5, 5.41) is 5.82. The lowest BCUT2D eigenvalue weighted by Crippen LogP contribution is -2.26. The fourth-order valence-electron chi connectivity index (χ4n) is 2.15. The Morgan fingerprint density at radius 3 is 1.73 bits per heavy atom. The van der Waals surface area contributed by atoms with Crippen LogP contribution in [-0.4, -0.2) is 24.9 Å². The first-order chi connectivity index (χ1) is 10.7. The van der Waals surface area contributed by atoms with Crippen molar-refractivity contribution in [3.05, 3.63) is 35.4 Å². The van der Waals surface area contributed by atoms with Crippen LogP contribution in [0.5, 0.6) is 0 Å². The first-order valence-electron chi connectivity index (χ1n) is 8.27. The molecule has 0 bridgehead atoms. The van der Waals surface area contributed by atoms with Crippen molar-refractivity contribution in [2.45, 2.75) is 52.4 Å². The number of carbonyl (C=O) groups is 2. The maximum Gasteiger partial charge on any atom is 0.224 e. The normalized spacial score (nSPS) is 10.3. The molecule has 0 saturated carbocycles. The molecule has 122 valence electrons. The summed E-state index contributed by atoms with van der Waals surface area (Å²) in [6, 6.07) is 7.71. The number of benzene rings is 1. The standard InChI is InChI=1S/C18H28N2O2/c1-3-5-10-19-17(21)13-15-8-7-9-16(12-15)14-18(22)20-11-6-4-2/h7-9,12H,3-6,10-11,13-14H2,1-2H3,(H,19,21)(H,20,22). The van der Waals surface area contributed by atoms with Gasteiger partial charge >= 0.3 is 0 Å². The number of amides is 2. The van der Waals surface area contributed by atoms with E-state index in [-0.39, 0.29) is 11.8 Å². The van der Waals surface area contributed by atoms with Gasteiger partial charge in [-0.1, -0.05) is 51.0 Å². The second kappa shape index (κ2) is 10.8. The van der Waals surface area contributed by atoms with Gasteiger partial charge in [0.25, 0.3) is 0 Å². The van der Waals surface area contributed by atoms with E-state index >= 15 is 0 Å². The molecule has 0 radical (unpaired) electrons. The molecule has 0 aliphatic carbocycles. The third-order valence-electron chi connectivity index (χ3n) is 3.43. The van der Waals surface area contributed by atoms with Crippen LogP contribution in [0.4, 0.5) is 0 Å². The van der Waals surface area contributed by atoms with E-state index in [0.29, 0.717) is 12.8 Å². The highest BCUT2D eigenvalue weighted by Crippen LogP contribution is 2.07. The highest BCUT2D eigenvalue weighted by Gasteiger charge is 2.06. The third kappa shape index (κ3) is 7.81. The number of unbranched alkanes of at least 4 members (excludes halogenated alkanes) is 2. The highest BCUT2D eigenvalue weighted by molar-refractivity contribution is 5.80. The summed E-state index contributed by atoms with van der Waals surface area (Å²) >= 11 is 0. The lowest BCUT2D eigenvalue weighted by molar-refractivity contribution is -0.121. The van der Waals surface area contributed by atoms with Crippen molar-refractivity contribution in [3.8, 4) is 0 Å². The molecule has 0 unspecified atom stereocenters. The van der Waals surface area contributed by atoms with Crippen molar-refractivity contribution in [1.29, 1.82) is 0 Å². The summed E-state index contributed by atoms with van der Waals surface area (Å²) in [6.45, 7) is 5.66. The Labute approximate surface area is 133 Å². The van der Waals surface area contributed by atoms with Crippen LogP contribution in [-0.2, 0) is 22.4 Å². The Kier molecular flexibility index (Phi) is 8.96. The van der Waals surface area contributed by atoms with Crippen LogP contribution in [0.3, 0.4) is 0 Å². The van der Waals surface area contributed by atoms with Crippen molar-refractivity contribution in [2.24, 2.45) is 0 Å². The molecule has 0 aliphatic heterocycles. The molecule has 0 aliphatic rings. The molecule has 22 heavy (non-hydrogen) atoms. The minimum Gasteiger partial charge on any atom is -0.356 e. The molecule has 1 aromatic carbocycles. The molecule has 0 aromatic heterocycles. The van der Waals surface area contributed by atoms with Crippen molar-refractivity contribution in [1.82, 2.24) is 10.6 Å². The van der Waals surface area contributed by atoms with Crippen LogP contribution in [0.1, 0.15) is 50.7 Å². The predicted octanol–water partition coefficient (Wildman–Crippen LogP) is 2.60. The lowest BCUT2D eigenvalue weighted by Gasteiger charge is -2.07. The van der Waals surface area contributed by atoms with E-state index in [4.69, 9.17) is 0 Å². The van der Waals surface area contributed by atoms with Crippen LogP contribution in [0, 0.1) is 0 Å². The first-order valence-corrected chi connectivity index (χ1v) is 8.27. The van der Waals surface area contributed by atoms with Crippen molar-refractivity contribution in [3.63, 3.8) is 0 Å². The number of rotatable bonds is 10. The van der Waals surface area contributed by atoms with Crippen LogP contribution in [0.15, 0.2) is 24.3 Å². The molecule has 0 atom stereocenters. The monoisotopic (exact) mass is 304 g/mol. The van der Waals surface area contributed by atoms with Crippen LogP contribution in [0.2, 0.25) is 0 Å². The maximum atomic E-state index is 11.8. The van der Waals surface area contributed by atoms with Gasteiger partial charge in [-0.2, -0.15) is 0 Å².